The molecule has 1 saturated heterocycles. The Balaban J connectivity index is 1.78. The van der Waals surface area contributed by atoms with E-state index in [-0.39, 0.29) is 11.8 Å². The van der Waals surface area contributed by atoms with Gasteiger partial charge in [0.05, 0.1) is 6.54 Å². The van der Waals surface area contributed by atoms with E-state index in [0.29, 0.717) is 42.5 Å². The van der Waals surface area contributed by atoms with Gasteiger partial charge in [-0.15, -0.1) is 0 Å². The summed E-state index contributed by atoms with van der Waals surface area (Å²) in [6.45, 7) is 3.15. The van der Waals surface area contributed by atoms with Gasteiger partial charge in [-0.2, -0.15) is 0 Å². The van der Waals surface area contributed by atoms with Crippen LogP contribution < -0.4 is 5.32 Å². The number of hydrogen-bond acceptors (Lipinski definition) is 3. The van der Waals surface area contributed by atoms with E-state index in [9.17, 15) is 9.59 Å². The van der Waals surface area contributed by atoms with Crippen LogP contribution >= 0.6 is 23.2 Å². The van der Waals surface area contributed by atoms with E-state index >= 15 is 0 Å². The monoisotopic (exact) mass is 357 g/mol. The smallest absolute Gasteiger partial charge is 0.233 e. The van der Waals surface area contributed by atoms with Gasteiger partial charge in [-0.05, 0) is 24.1 Å². The molecule has 0 aliphatic carbocycles. The van der Waals surface area contributed by atoms with Crippen molar-refractivity contribution in [3.63, 3.8) is 0 Å². The molecule has 1 aromatic rings. The lowest BCUT2D eigenvalue weighted by atomic mass is 10.1. The van der Waals surface area contributed by atoms with Crippen LogP contribution in [0.25, 0.3) is 0 Å². The van der Waals surface area contributed by atoms with Crippen LogP contribution in [-0.4, -0.2) is 61.4 Å². The number of piperazine rings is 1. The molecular formula is C16H21Cl2N3O2. The maximum atomic E-state index is 12.3. The van der Waals surface area contributed by atoms with E-state index in [2.05, 4.69) is 10.2 Å². The molecule has 0 aromatic heterocycles. The maximum Gasteiger partial charge on any atom is 0.233 e. The van der Waals surface area contributed by atoms with Crippen LogP contribution in [-0.2, 0) is 16.0 Å². The van der Waals surface area contributed by atoms with E-state index in [4.69, 9.17) is 23.2 Å². The topological polar surface area (TPSA) is 52.7 Å². The van der Waals surface area contributed by atoms with Crippen molar-refractivity contribution < 1.29 is 9.59 Å². The molecule has 126 valence electrons. The first-order valence-corrected chi connectivity index (χ1v) is 8.40. The highest BCUT2D eigenvalue weighted by molar-refractivity contribution is 6.35. The zero-order chi connectivity index (χ0) is 16.8. The minimum Gasteiger partial charge on any atom is -0.358 e. The number of carbonyl (C=O) groups is 2. The third-order valence-corrected chi connectivity index (χ3v) is 4.58. The molecule has 0 radical (unpaired) electrons. The summed E-state index contributed by atoms with van der Waals surface area (Å²) in [6, 6.07) is 5.34. The zero-order valence-corrected chi connectivity index (χ0v) is 14.7. The van der Waals surface area contributed by atoms with Crippen molar-refractivity contribution >= 4 is 35.0 Å². The van der Waals surface area contributed by atoms with Crippen LogP contribution in [0.1, 0.15) is 12.0 Å². The van der Waals surface area contributed by atoms with Crippen molar-refractivity contribution in [2.24, 2.45) is 0 Å². The number of rotatable bonds is 5. The minimum atomic E-state index is 0.00200. The molecule has 1 aliphatic rings. The maximum absolute atomic E-state index is 12.3. The number of likely N-dealkylation sites (N-methyl/N-ethyl adjacent to an activating group) is 1. The average Bonchev–Trinajstić information content (AvgIpc) is 2.54. The van der Waals surface area contributed by atoms with Gasteiger partial charge in [-0.1, -0.05) is 29.3 Å². The Morgan fingerprint density at radius 1 is 1.17 bits per heavy atom. The Morgan fingerprint density at radius 2 is 1.87 bits per heavy atom. The lowest BCUT2D eigenvalue weighted by molar-refractivity contribution is -0.133. The molecule has 0 spiro atoms. The molecular weight excluding hydrogens is 337 g/mol. The van der Waals surface area contributed by atoms with Gasteiger partial charge in [0.2, 0.25) is 11.8 Å². The quantitative estimate of drug-likeness (QED) is 0.874. The standard InChI is InChI=1S/C16H21Cl2N3O2/c1-19-15(22)11-20-6-8-21(9-7-20)16(23)5-3-12-2-4-13(17)10-14(12)18/h2,4,10H,3,5-9,11H2,1H3,(H,19,22). The first-order valence-electron chi connectivity index (χ1n) is 7.64. The third-order valence-electron chi connectivity index (χ3n) is 3.99. The van der Waals surface area contributed by atoms with Crippen molar-refractivity contribution in [3.8, 4) is 0 Å². The number of halogens is 2. The highest BCUT2D eigenvalue weighted by Gasteiger charge is 2.22. The third kappa shape index (κ3) is 5.37. The van der Waals surface area contributed by atoms with Gasteiger partial charge in [0.1, 0.15) is 0 Å². The van der Waals surface area contributed by atoms with Gasteiger partial charge in [0, 0.05) is 49.7 Å². The van der Waals surface area contributed by atoms with Crippen molar-refractivity contribution in [1.29, 1.82) is 0 Å². The fourth-order valence-electron chi connectivity index (χ4n) is 2.56. The van der Waals surface area contributed by atoms with Gasteiger partial charge >= 0.3 is 0 Å². The fraction of sp³-hybridized carbons (Fsp3) is 0.500. The van der Waals surface area contributed by atoms with E-state index < -0.39 is 0 Å². The number of nitrogens with one attached hydrogen (secondary N) is 1. The molecule has 0 atom stereocenters. The van der Waals surface area contributed by atoms with Crippen molar-refractivity contribution in [2.75, 3.05) is 39.8 Å². The van der Waals surface area contributed by atoms with Crippen LogP contribution in [0.4, 0.5) is 0 Å². The van der Waals surface area contributed by atoms with Crippen molar-refractivity contribution in [3.05, 3.63) is 33.8 Å². The molecule has 0 saturated carbocycles. The molecule has 1 N–H and O–H groups in total. The summed E-state index contributed by atoms with van der Waals surface area (Å²) in [5, 5.41) is 3.80. The Bertz CT molecular complexity index is 572. The Hall–Kier alpha value is -1.30. The molecule has 23 heavy (non-hydrogen) atoms. The van der Waals surface area contributed by atoms with E-state index in [1.54, 1.807) is 19.2 Å². The van der Waals surface area contributed by atoms with Crippen LogP contribution in [0.2, 0.25) is 10.0 Å². The normalized spacial score (nSPS) is 15.5. The summed E-state index contributed by atoms with van der Waals surface area (Å²) in [7, 11) is 1.63. The van der Waals surface area contributed by atoms with Gasteiger partial charge in [0.15, 0.2) is 0 Å². The largest absolute Gasteiger partial charge is 0.358 e. The molecule has 2 amide bonds. The van der Waals surface area contributed by atoms with Gasteiger partial charge in [-0.3, -0.25) is 14.5 Å². The number of nitrogens with zero attached hydrogens (tertiary/aromatic N) is 2. The Morgan fingerprint density at radius 3 is 2.48 bits per heavy atom. The second-order valence-corrected chi connectivity index (χ2v) is 6.41. The summed E-state index contributed by atoms with van der Waals surface area (Å²) < 4.78 is 0. The fourth-order valence-corrected chi connectivity index (χ4v) is 3.06. The van der Waals surface area contributed by atoms with Gasteiger partial charge in [0.25, 0.3) is 0 Å². The van der Waals surface area contributed by atoms with Gasteiger partial charge in [-0.25, -0.2) is 0 Å². The van der Waals surface area contributed by atoms with Crippen molar-refractivity contribution in [2.45, 2.75) is 12.8 Å². The molecule has 1 aromatic carbocycles. The van der Waals surface area contributed by atoms with Crippen molar-refractivity contribution in [1.82, 2.24) is 15.1 Å². The van der Waals surface area contributed by atoms with E-state index in [0.717, 1.165) is 18.7 Å². The Kier molecular flexibility index (Phi) is 6.69. The second-order valence-electron chi connectivity index (χ2n) is 5.57. The summed E-state index contributed by atoms with van der Waals surface area (Å²) in [6.07, 6.45) is 1.03. The SMILES string of the molecule is CNC(=O)CN1CCN(C(=O)CCc2ccc(Cl)cc2Cl)CC1. The lowest BCUT2D eigenvalue weighted by Crippen LogP contribution is -2.50. The van der Waals surface area contributed by atoms with E-state index in [1.807, 2.05) is 11.0 Å². The number of carbonyl (C=O) groups excluding carboxylic acids is 2. The Labute approximate surface area is 146 Å². The van der Waals surface area contributed by atoms with Crippen LogP contribution in [0, 0.1) is 0 Å². The van der Waals surface area contributed by atoms with Crippen LogP contribution in [0.5, 0.6) is 0 Å². The first-order chi connectivity index (χ1) is 11.0. The molecule has 0 unspecified atom stereocenters. The predicted molar refractivity (Wildman–Crippen MR) is 91.9 cm³/mol. The summed E-state index contributed by atoms with van der Waals surface area (Å²) in [5.74, 6) is 0.123. The number of aryl methyl sites for hydroxylation is 1. The summed E-state index contributed by atoms with van der Waals surface area (Å²) in [4.78, 5) is 27.6. The van der Waals surface area contributed by atoms with Gasteiger partial charge < -0.3 is 10.2 Å². The van der Waals surface area contributed by atoms with Crippen LogP contribution in [0.15, 0.2) is 18.2 Å². The van der Waals surface area contributed by atoms with E-state index in [1.165, 1.54) is 0 Å². The molecule has 2 rings (SSSR count). The molecule has 1 heterocycles. The number of hydrogen-bond donors (Lipinski definition) is 1. The molecule has 0 bridgehead atoms. The molecule has 7 heteroatoms. The first kappa shape index (κ1) is 18.0. The molecule has 1 aliphatic heterocycles. The lowest BCUT2D eigenvalue weighted by Gasteiger charge is -2.34. The number of amides is 2. The average molecular weight is 358 g/mol. The minimum absolute atomic E-state index is 0.00200. The zero-order valence-electron chi connectivity index (χ0n) is 13.1. The van der Waals surface area contributed by atoms with Crippen LogP contribution in [0.3, 0.4) is 0 Å². The molecule has 5 nitrogen and oxygen atoms in total. The summed E-state index contributed by atoms with van der Waals surface area (Å²) >= 11 is 12.0. The second kappa shape index (κ2) is 8.52. The number of benzene rings is 1. The highest BCUT2D eigenvalue weighted by Crippen LogP contribution is 2.22. The highest BCUT2D eigenvalue weighted by atomic mass is 35.5. The summed E-state index contributed by atoms with van der Waals surface area (Å²) in [5.41, 5.74) is 0.933. The molecule has 1 fully saturated rings. The predicted octanol–water partition coefficient (Wildman–Crippen LogP) is 1.82.